The first-order chi connectivity index (χ1) is 9.79. The van der Waals surface area contributed by atoms with Crippen LogP contribution in [0.1, 0.15) is 38.5 Å². The smallest absolute Gasteiger partial charge is 0.0343 e. The Morgan fingerprint density at radius 1 is 1.00 bits per heavy atom. The standard InChI is InChI=1S/C17H26N2S/c1-19-12-10-15(11-13-19)18-14-6-8-17(9-7-14)20-16-4-2-3-5-16/h6-9,15-16,18H,2-5,10-13H2,1H3. The summed E-state index contributed by atoms with van der Waals surface area (Å²) >= 11 is 2.07. The van der Waals surface area contributed by atoms with Crippen LogP contribution >= 0.6 is 11.8 Å². The normalized spacial score (nSPS) is 22.2. The SMILES string of the molecule is CN1CCC(Nc2ccc(SC3CCCC3)cc2)CC1. The summed E-state index contributed by atoms with van der Waals surface area (Å²) in [5.74, 6) is 0. The van der Waals surface area contributed by atoms with E-state index in [0.717, 1.165) is 5.25 Å². The van der Waals surface area contributed by atoms with Crippen molar-refractivity contribution in [1.29, 1.82) is 0 Å². The van der Waals surface area contributed by atoms with E-state index in [1.54, 1.807) is 0 Å². The van der Waals surface area contributed by atoms with Crippen molar-refractivity contribution in [3.05, 3.63) is 24.3 Å². The maximum Gasteiger partial charge on any atom is 0.0343 e. The Morgan fingerprint density at radius 2 is 1.65 bits per heavy atom. The molecule has 0 atom stereocenters. The number of likely N-dealkylation sites (tertiary alicyclic amines) is 1. The lowest BCUT2D eigenvalue weighted by atomic mass is 10.1. The average molecular weight is 290 g/mol. The van der Waals surface area contributed by atoms with E-state index in [1.165, 1.54) is 62.2 Å². The molecule has 2 aliphatic rings. The van der Waals surface area contributed by atoms with Crippen molar-refractivity contribution < 1.29 is 0 Å². The summed E-state index contributed by atoms with van der Waals surface area (Å²) in [4.78, 5) is 3.85. The third-order valence-electron chi connectivity index (χ3n) is 4.55. The molecule has 1 aliphatic heterocycles. The van der Waals surface area contributed by atoms with Gasteiger partial charge in [0.2, 0.25) is 0 Å². The number of anilines is 1. The minimum atomic E-state index is 0.652. The lowest BCUT2D eigenvalue weighted by molar-refractivity contribution is 0.264. The predicted octanol–water partition coefficient (Wildman–Crippen LogP) is 4.23. The van der Waals surface area contributed by atoms with Crippen LogP contribution in [0.3, 0.4) is 0 Å². The second-order valence-electron chi connectivity index (χ2n) is 6.27. The average Bonchev–Trinajstić information content (AvgIpc) is 2.96. The molecule has 0 bridgehead atoms. The monoisotopic (exact) mass is 290 g/mol. The molecule has 0 unspecified atom stereocenters. The van der Waals surface area contributed by atoms with E-state index in [-0.39, 0.29) is 0 Å². The van der Waals surface area contributed by atoms with Crippen LogP contribution in [0.5, 0.6) is 0 Å². The van der Waals surface area contributed by atoms with Gasteiger partial charge in [0.05, 0.1) is 0 Å². The minimum absolute atomic E-state index is 0.652. The predicted molar refractivity (Wildman–Crippen MR) is 88.7 cm³/mol. The lowest BCUT2D eigenvalue weighted by Gasteiger charge is -2.30. The number of piperidine rings is 1. The minimum Gasteiger partial charge on any atom is -0.382 e. The quantitative estimate of drug-likeness (QED) is 0.893. The van der Waals surface area contributed by atoms with Crippen molar-refractivity contribution >= 4 is 17.4 Å². The molecule has 1 saturated carbocycles. The molecule has 0 aromatic heterocycles. The largest absolute Gasteiger partial charge is 0.382 e. The molecular formula is C17H26N2S. The molecule has 3 rings (SSSR count). The van der Waals surface area contributed by atoms with Gasteiger partial charge in [-0.15, -0.1) is 11.8 Å². The molecule has 1 saturated heterocycles. The fraction of sp³-hybridized carbons (Fsp3) is 0.647. The highest BCUT2D eigenvalue weighted by molar-refractivity contribution is 8.00. The first-order valence-electron chi connectivity index (χ1n) is 8.01. The van der Waals surface area contributed by atoms with Gasteiger partial charge in [0.15, 0.2) is 0 Å². The van der Waals surface area contributed by atoms with Crippen molar-refractivity contribution in [2.45, 2.75) is 54.7 Å². The molecule has 3 heteroatoms. The fourth-order valence-corrected chi connectivity index (χ4v) is 4.46. The van der Waals surface area contributed by atoms with E-state index in [0.29, 0.717) is 6.04 Å². The van der Waals surface area contributed by atoms with Crippen molar-refractivity contribution in [3.8, 4) is 0 Å². The van der Waals surface area contributed by atoms with Crippen LogP contribution in [0, 0.1) is 0 Å². The zero-order valence-corrected chi connectivity index (χ0v) is 13.3. The molecule has 2 fully saturated rings. The maximum atomic E-state index is 3.69. The number of nitrogens with one attached hydrogen (secondary N) is 1. The molecule has 1 aliphatic carbocycles. The third-order valence-corrected chi connectivity index (χ3v) is 5.90. The third kappa shape index (κ3) is 3.92. The number of hydrogen-bond acceptors (Lipinski definition) is 3. The van der Waals surface area contributed by atoms with Gasteiger partial charge in [-0.1, -0.05) is 12.8 Å². The fourth-order valence-electron chi connectivity index (χ4n) is 3.22. The molecule has 2 nitrogen and oxygen atoms in total. The molecule has 1 heterocycles. The van der Waals surface area contributed by atoms with Gasteiger partial charge < -0.3 is 10.2 Å². The molecule has 1 aromatic carbocycles. The van der Waals surface area contributed by atoms with Crippen LogP contribution < -0.4 is 5.32 Å². The van der Waals surface area contributed by atoms with Gasteiger partial charge >= 0.3 is 0 Å². The Kier molecular flexibility index (Phi) is 4.90. The van der Waals surface area contributed by atoms with E-state index in [2.05, 4.69) is 53.3 Å². The molecule has 1 aromatic rings. The van der Waals surface area contributed by atoms with Gasteiger partial charge in [0, 0.05) is 21.9 Å². The summed E-state index contributed by atoms with van der Waals surface area (Å²) in [5.41, 5.74) is 1.29. The number of rotatable bonds is 4. The molecule has 110 valence electrons. The van der Waals surface area contributed by atoms with E-state index in [4.69, 9.17) is 0 Å². The summed E-state index contributed by atoms with van der Waals surface area (Å²) in [6.07, 6.45) is 8.17. The van der Waals surface area contributed by atoms with Crippen molar-refractivity contribution in [1.82, 2.24) is 4.90 Å². The van der Waals surface area contributed by atoms with Crippen LogP contribution in [0.25, 0.3) is 0 Å². The summed E-state index contributed by atoms with van der Waals surface area (Å²) in [5, 5.41) is 4.55. The summed E-state index contributed by atoms with van der Waals surface area (Å²) < 4.78 is 0. The highest BCUT2D eigenvalue weighted by atomic mass is 32.2. The van der Waals surface area contributed by atoms with Crippen LogP contribution in [0.15, 0.2) is 29.2 Å². The van der Waals surface area contributed by atoms with Crippen LogP contribution in [0.2, 0.25) is 0 Å². The van der Waals surface area contributed by atoms with Gasteiger partial charge in [-0.2, -0.15) is 0 Å². The summed E-state index contributed by atoms with van der Waals surface area (Å²) in [7, 11) is 2.21. The Bertz CT molecular complexity index is 404. The molecule has 1 N–H and O–H groups in total. The first kappa shape index (κ1) is 14.3. The Balaban J connectivity index is 1.50. The van der Waals surface area contributed by atoms with Gasteiger partial charge in [0.25, 0.3) is 0 Å². The summed E-state index contributed by atoms with van der Waals surface area (Å²) in [6, 6.07) is 9.76. The van der Waals surface area contributed by atoms with Crippen molar-refractivity contribution in [3.63, 3.8) is 0 Å². The molecule has 0 amide bonds. The van der Waals surface area contributed by atoms with Crippen LogP contribution in [-0.2, 0) is 0 Å². The number of thioether (sulfide) groups is 1. The summed E-state index contributed by atoms with van der Waals surface area (Å²) in [6.45, 7) is 2.43. The molecule has 20 heavy (non-hydrogen) atoms. The van der Waals surface area contributed by atoms with Crippen molar-refractivity contribution in [2.75, 3.05) is 25.5 Å². The van der Waals surface area contributed by atoms with Crippen LogP contribution in [-0.4, -0.2) is 36.3 Å². The highest BCUT2D eigenvalue weighted by Crippen LogP contribution is 2.35. The van der Waals surface area contributed by atoms with E-state index >= 15 is 0 Å². The number of nitrogens with zero attached hydrogens (tertiary/aromatic N) is 1. The topological polar surface area (TPSA) is 15.3 Å². The van der Waals surface area contributed by atoms with Gasteiger partial charge in [-0.3, -0.25) is 0 Å². The van der Waals surface area contributed by atoms with E-state index in [9.17, 15) is 0 Å². The molecular weight excluding hydrogens is 264 g/mol. The number of hydrogen-bond donors (Lipinski definition) is 1. The van der Waals surface area contributed by atoms with E-state index in [1.807, 2.05) is 0 Å². The van der Waals surface area contributed by atoms with Gasteiger partial charge in [0.1, 0.15) is 0 Å². The highest BCUT2D eigenvalue weighted by Gasteiger charge is 2.17. The Hall–Kier alpha value is -0.670. The Labute approximate surface area is 127 Å². The zero-order chi connectivity index (χ0) is 13.8. The Morgan fingerprint density at radius 3 is 2.30 bits per heavy atom. The van der Waals surface area contributed by atoms with Gasteiger partial charge in [-0.25, -0.2) is 0 Å². The van der Waals surface area contributed by atoms with Gasteiger partial charge in [-0.05, 0) is 70.1 Å². The van der Waals surface area contributed by atoms with Crippen molar-refractivity contribution in [2.24, 2.45) is 0 Å². The number of benzene rings is 1. The second-order valence-corrected chi connectivity index (χ2v) is 7.64. The zero-order valence-electron chi connectivity index (χ0n) is 12.5. The molecule has 0 spiro atoms. The van der Waals surface area contributed by atoms with E-state index < -0.39 is 0 Å². The lowest BCUT2D eigenvalue weighted by Crippen LogP contribution is -2.36. The maximum absolute atomic E-state index is 3.69. The second kappa shape index (κ2) is 6.86. The molecule has 0 radical (unpaired) electrons. The van der Waals surface area contributed by atoms with Crippen LogP contribution in [0.4, 0.5) is 5.69 Å². The first-order valence-corrected chi connectivity index (χ1v) is 8.89.